The van der Waals surface area contributed by atoms with Gasteiger partial charge in [0.05, 0.1) is 11.4 Å². The van der Waals surface area contributed by atoms with E-state index in [1.54, 1.807) is 6.20 Å². The van der Waals surface area contributed by atoms with Gasteiger partial charge in [0, 0.05) is 36.8 Å². The van der Waals surface area contributed by atoms with Gasteiger partial charge in [-0.2, -0.15) is 0 Å². The maximum atomic E-state index is 6.33. The highest BCUT2D eigenvalue weighted by Gasteiger charge is 2.09. The number of benzene rings is 2. The van der Waals surface area contributed by atoms with Crippen molar-refractivity contribution in [2.24, 2.45) is 0 Å². The molecule has 3 aromatic rings. The van der Waals surface area contributed by atoms with Crippen LogP contribution in [0.3, 0.4) is 0 Å². The van der Waals surface area contributed by atoms with Gasteiger partial charge in [0.15, 0.2) is 0 Å². The maximum Gasteiger partial charge on any atom is 0.0632 e. The molecule has 0 unspecified atom stereocenters. The van der Waals surface area contributed by atoms with Crippen molar-refractivity contribution in [2.75, 3.05) is 17.7 Å². The van der Waals surface area contributed by atoms with E-state index in [-0.39, 0.29) is 0 Å². The molecule has 21 heavy (non-hydrogen) atoms. The minimum absolute atomic E-state index is 0.810. The molecule has 0 bridgehead atoms. The summed E-state index contributed by atoms with van der Waals surface area (Å²) in [5.74, 6) is 0. The highest BCUT2D eigenvalue weighted by Crippen LogP contribution is 2.31. The van der Waals surface area contributed by atoms with Crippen LogP contribution in [0, 0.1) is 6.92 Å². The Morgan fingerprint density at radius 2 is 2.00 bits per heavy atom. The average molecular weight is 277 g/mol. The van der Waals surface area contributed by atoms with E-state index in [1.807, 2.05) is 12.3 Å². The molecule has 1 aromatic heterocycles. The number of pyridine rings is 1. The number of anilines is 2. The Bertz CT molecular complexity index is 780. The van der Waals surface area contributed by atoms with E-state index >= 15 is 0 Å². The van der Waals surface area contributed by atoms with Crippen LogP contribution in [0.4, 0.5) is 11.4 Å². The summed E-state index contributed by atoms with van der Waals surface area (Å²) >= 11 is 0. The second-order valence-electron chi connectivity index (χ2n) is 5.44. The van der Waals surface area contributed by atoms with Crippen LogP contribution in [0.5, 0.6) is 0 Å². The third kappa shape index (κ3) is 2.68. The Morgan fingerprint density at radius 1 is 1.14 bits per heavy atom. The van der Waals surface area contributed by atoms with Crippen LogP contribution in [-0.4, -0.2) is 12.0 Å². The predicted octanol–water partition coefficient (Wildman–Crippen LogP) is 3.76. The fraction of sp³-hybridized carbons (Fsp3) is 0.167. The van der Waals surface area contributed by atoms with Crippen LogP contribution >= 0.6 is 0 Å². The highest BCUT2D eigenvalue weighted by molar-refractivity contribution is 5.98. The first kappa shape index (κ1) is 13.4. The molecule has 1 heterocycles. The van der Waals surface area contributed by atoms with Gasteiger partial charge in [-0.05, 0) is 24.6 Å². The Labute approximate surface area is 125 Å². The molecule has 3 rings (SSSR count). The lowest BCUT2D eigenvalue weighted by molar-refractivity contribution is 0.924. The zero-order valence-corrected chi connectivity index (χ0v) is 12.4. The molecule has 3 nitrogen and oxygen atoms in total. The topological polar surface area (TPSA) is 42.2 Å². The van der Waals surface area contributed by atoms with Gasteiger partial charge in [0.25, 0.3) is 0 Å². The monoisotopic (exact) mass is 277 g/mol. The van der Waals surface area contributed by atoms with Crippen molar-refractivity contribution < 1.29 is 0 Å². The van der Waals surface area contributed by atoms with Crippen molar-refractivity contribution in [1.82, 2.24) is 4.98 Å². The SMILES string of the molecule is Cc1cccc(CN(C)c2ccc3cnccc3c2N)c1. The molecule has 0 radical (unpaired) electrons. The molecule has 3 heteroatoms. The van der Waals surface area contributed by atoms with Crippen LogP contribution in [0.15, 0.2) is 54.9 Å². The van der Waals surface area contributed by atoms with Crippen LogP contribution in [-0.2, 0) is 6.54 Å². The van der Waals surface area contributed by atoms with E-state index in [1.165, 1.54) is 11.1 Å². The number of hydrogen-bond donors (Lipinski definition) is 1. The summed E-state index contributed by atoms with van der Waals surface area (Å²) in [6.45, 7) is 2.95. The van der Waals surface area contributed by atoms with E-state index < -0.39 is 0 Å². The van der Waals surface area contributed by atoms with E-state index in [9.17, 15) is 0 Å². The van der Waals surface area contributed by atoms with E-state index in [0.717, 1.165) is 28.7 Å². The quantitative estimate of drug-likeness (QED) is 0.741. The Hall–Kier alpha value is -2.55. The zero-order chi connectivity index (χ0) is 14.8. The number of fused-ring (bicyclic) bond motifs is 1. The van der Waals surface area contributed by atoms with E-state index in [4.69, 9.17) is 5.73 Å². The molecule has 0 saturated heterocycles. The first-order valence-corrected chi connectivity index (χ1v) is 7.04. The molecule has 106 valence electrons. The lowest BCUT2D eigenvalue weighted by Gasteiger charge is -2.22. The Balaban J connectivity index is 1.94. The Morgan fingerprint density at radius 3 is 2.81 bits per heavy atom. The molecular weight excluding hydrogens is 258 g/mol. The van der Waals surface area contributed by atoms with Gasteiger partial charge in [-0.1, -0.05) is 35.9 Å². The summed E-state index contributed by atoms with van der Waals surface area (Å²) in [6, 6.07) is 14.7. The second-order valence-corrected chi connectivity index (χ2v) is 5.44. The number of nitrogens with zero attached hydrogens (tertiary/aromatic N) is 2. The van der Waals surface area contributed by atoms with E-state index in [0.29, 0.717) is 0 Å². The van der Waals surface area contributed by atoms with Crippen molar-refractivity contribution in [3.63, 3.8) is 0 Å². The van der Waals surface area contributed by atoms with Gasteiger partial charge in [0.2, 0.25) is 0 Å². The van der Waals surface area contributed by atoms with Crippen molar-refractivity contribution in [3.8, 4) is 0 Å². The summed E-state index contributed by atoms with van der Waals surface area (Å²) in [6.07, 6.45) is 3.62. The zero-order valence-electron chi connectivity index (χ0n) is 12.4. The molecule has 0 spiro atoms. The second kappa shape index (κ2) is 5.44. The average Bonchev–Trinajstić information content (AvgIpc) is 2.48. The first-order chi connectivity index (χ1) is 10.1. The molecule has 2 N–H and O–H groups in total. The smallest absolute Gasteiger partial charge is 0.0632 e. The van der Waals surface area contributed by atoms with Crippen LogP contribution < -0.4 is 10.6 Å². The molecule has 0 aliphatic carbocycles. The molecule has 0 atom stereocenters. The van der Waals surface area contributed by atoms with E-state index in [2.05, 4.69) is 60.3 Å². The molecule has 0 aliphatic heterocycles. The van der Waals surface area contributed by atoms with Gasteiger partial charge in [-0.25, -0.2) is 0 Å². The molecule has 0 fully saturated rings. The summed E-state index contributed by atoms with van der Waals surface area (Å²) in [4.78, 5) is 6.32. The number of aryl methyl sites for hydroxylation is 1. The standard InChI is InChI=1S/C18H19N3/c1-13-4-3-5-14(10-13)12-21(2)17-7-6-15-11-20-9-8-16(15)18(17)19/h3-11H,12,19H2,1-2H3. The first-order valence-electron chi connectivity index (χ1n) is 7.04. The molecule has 0 aliphatic rings. The molecule has 2 aromatic carbocycles. The lowest BCUT2D eigenvalue weighted by Crippen LogP contribution is -2.18. The van der Waals surface area contributed by atoms with Crippen LogP contribution in [0.1, 0.15) is 11.1 Å². The normalized spacial score (nSPS) is 10.8. The summed E-state index contributed by atoms with van der Waals surface area (Å²) < 4.78 is 0. The maximum absolute atomic E-state index is 6.33. The number of hydrogen-bond acceptors (Lipinski definition) is 3. The van der Waals surface area contributed by atoms with Gasteiger partial charge in [-0.3, -0.25) is 4.98 Å². The third-order valence-corrected chi connectivity index (χ3v) is 3.75. The highest BCUT2D eigenvalue weighted by atomic mass is 15.1. The number of aromatic nitrogens is 1. The van der Waals surface area contributed by atoms with Crippen molar-refractivity contribution >= 4 is 22.1 Å². The van der Waals surface area contributed by atoms with Gasteiger partial charge in [0.1, 0.15) is 0 Å². The van der Waals surface area contributed by atoms with Crippen molar-refractivity contribution in [1.29, 1.82) is 0 Å². The van der Waals surface area contributed by atoms with Gasteiger partial charge >= 0.3 is 0 Å². The molecular formula is C18H19N3. The third-order valence-electron chi connectivity index (χ3n) is 3.75. The molecule has 0 saturated carbocycles. The number of nitrogens with two attached hydrogens (primary N) is 1. The van der Waals surface area contributed by atoms with Gasteiger partial charge in [-0.15, -0.1) is 0 Å². The van der Waals surface area contributed by atoms with Crippen LogP contribution in [0.2, 0.25) is 0 Å². The Kier molecular flexibility index (Phi) is 3.48. The molecule has 0 amide bonds. The summed E-state index contributed by atoms with van der Waals surface area (Å²) in [7, 11) is 2.07. The minimum atomic E-state index is 0.810. The fourth-order valence-electron chi connectivity index (χ4n) is 2.68. The predicted molar refractivity (Wildman–Crippen MR) is 89.4 cm³/mol. The van der Waals surface area contributed by atoms with Crippen molar-refractivity contribution in [3.05, 3.63) is 66.0 Å². The number of nitrogen functional groups attached to an aromatic ring is 1. The fourth-order valence-corrected chi connectivity index (χ4v) is 2.68. The van der Waals surface area contributed by atoms with Crippen molar-refractivity contribution in [2.45, 2.75) is 13.5 Å². The van der Waals surface area contributed by atoms with Gasteiger partial charge < -0.3 is 10.6 Å². The van der Waals surface area contributed by atoms with Crippen LogP contribution in [0.25, 0.3) is 10.8 Å². The number of rotatable bonds is 3. The summed E-state index contributed by atoms with van der Waals surface area (Å²) in [5, 5.41) is 2.13. The largest absolute Gasteiger partial charge is 0.397 e. The minimum Gasteiger partial charge on any atom is -0.397 e. The summed E-state index contributed by atoms with van der Waals surface area (Å²) in [5.41, 5.74) is 10.8. The lowest BCUT2D eigenvalue weighted by atomic mass is 10.1.